The summed E-state index contributed by atoms with van der Waals surface area (Å²) in [4.78, 5) is 0. The van der Waals surface area contributed by atoms with E-state index in [9.17, 15) is 10.2 Å². The molecule has 0 aromatic heterocycles. The maximum absolute atomic E-state index is 10.0. The highest BCUT2D eigenvalue weighted by molar-refractivity contribution is 5.83. The number of hydrogen-bond acceptors (Lipinski definition) is 2. The van der Waals surface area contributed by atoms with Gasteiger partial charge < -0.3 is 10.2 Å². The largest absolute Gasteiger partial charge is 0.387 e. The Morgan fingerprint density at radius 1 is 1.00 bits per heavy atom. The molecule has 0 saturated heterocycles. The maximum atomic E-state index is 10.0. The van der Waals surface area contributed by atoms with Crippen molar-refractivity contribution in [1.82, 2.24) is 0 Å². The van der Waals surface area contributed by atoms with Gasteiger partial charge in [0.25, 0.3) is 0 Å². The molecular formula is C14H14O2. The normalized spacial score (nSPS) is 19.6. The zero-order valence-corrected chi connectivity index (χ0v) is 8.93. The molecule has 2 N–H and O–H groups in total. The molecule has 2 nitrogen and oxygen atoms in total. The topological polar surface area (TPSA) is 40.5 Å². The van der Waals surface area contributed by atoms with Crippen LogP contribution in [0.5, 0.6) is 0 Å². The Balaban J connectivity index is 2.05. The van der Waals surface area contributed by atoms with E-state index in [1.165, 1.54) is 0 Å². The van der Waals surface area contributed by atoms with Crippen molar-refractivity contribution < 1.29 is 10.2 Å². The number of aliphatic hydroxyl groups is 2. The first-order valence-corrected chi connectivity index (χ1v) is 5.58. The monoisotopic (exact) mass is 214 g/mol. The van der Waals surface area contributed by atoms with Crippen molar-refractivity contribution in [1.29, 1.82) is 0 Å². The van der Waals surface area contributed by atoms with Crippen LogP contribution in [0.2, 0.25) is 0 Å². The van der Waals surface area contributed by atoms with Gasteiger partial charge >= 0.3 is 0 Å². The minimum absolute atomic E-state index is 0.695. The van der Waals surface area contributed by atoms with Gasteiger partial charge in [-0.1, -0.05) is 36.4 Å². The molecule has 0 amide bonds. The van der Waals surface area contributed by atoms with E-state index in [1.807, 2.05) is 42.5 Å². The summed E-state index contributed by atoms with van der Waals surface area (Å²) in [5.74, 6) is 0. The SMILES string of the molecule is O[C@@H](c1ccc2ccccc2c1)C1(O)CC1. The molecule has 1 atom stereocenters. The molecule has 3 rings (SSSR count). The predicted molar refractivity (Wildman–Crippen MR) is 63.1 cm³/mol. The van der Waals surface area contributed by atoms with Crippen LogP contribution in [0.25, 0.3) is 10.8 Å². The number of rotatable bonds is 2. The minimum atomic E-state index is -0.873. The van der Waals surface area contributed by atoms with Crippen molar-refractivity contribution in [3.05, 3.63) is 48.0 Å². The Bertz CT molecular complexity index is 529. The molecule has 16 heavy (non-hydrogen) atoms. The molecule has 82 valence electrons. The fourth-order valence-corrected chi connectivity index (χ4v) is 2.09. The van der Waals surface area contributed by atoms with Crippen LogP contribution in [-0.4, -0.2) is 15.8 Å². The van der Waals surface area contributed by atoms with E-state index in [2.05, 4.69) is 0 Å². The maximum Gasteiger partial charge on any atom is 0.108 e. The molecule has 1 fully saturated rings. The van der Waals surface area contributed by atoms with Crippen LogP contribution in [0.4, 0.5) is 0 Å². The molecule has 0 unspecified atom stereocenters. The Morgan fingerprint density at radius 3 is 2.38 bits per heavy atom. The average Bonchev–Trinajstić information content (AvgIpc) is 3.07. The highest BCUT2D eigenvalue weighted by atomic mass is 16.3. The van der Waals surface area contributed by atoms with Crippen LogP contribution < -0.4 is 0 Å². The molecule has 0 bridgehead atoms. The van der Waals surface area contributed by atoms with Gasteiger partial charge in [0, 0.05) is 0 Å². The van der Waals surface area contributed by atoms with Gasteiger partial charge in [-0.05, 0) is 35.2 Å². The van der Waals surface area contributed by atoms with E-state index in [1.54, 1.807) is 0 Å². The van der Waals surface area contributed by atoms with Crippen LogP contribution >= 0.6 is 0 Å². The van der Waals surface area contributed by atoms with E-state index in [0.29, 0.717) is 12.8 Å². The summed E-state index contributed by atoms with van der Waals surface area (Å²) in [6.45, 7) is 0. The van der Waals surface area contributed by atoms with Crippen molar-refractivity contribution >= 4 is 10.8 Å². The van der Waals surface area contributed by atoms with Crippen LogP contribution in [-0.2, 0) is 0 Å². The van der Waals surface area contributed by atoms with E-state index in [0.717, 1.165) is 16.3 Å². The zero-order chi connectivity index (χ0) is 11.2. The third-order valence-electron chi connectivity index (χ3n) is 3.36. The van der Waals surface area contributed by atoms with Gasteiger partial charge in [0.15, 0.2) is 0 Å². The summed E-state index contributed by atoms with van der Waals surface area (Å²) in [7, 11) is 0. The second kappa shape index (κ2) is 3.30. The van der Waals surface area contributed by atoms with Crippen LogP contribution in [0.15, 0.2) is 42.5 Å². The van der Waals surface area contributed by atoms with Gasteiger partial charge in [0.1, 0.15) is 6.10 Å². The lowest BCUT2D eigenvalue weighted by Gasteiger charge is -2.17. The molecule has 1 aliphatic rings. The smallest absolute Gasteiger partial charge is 0.108 e. The van der Waals surface area contributed by atoms with Gasteiger partial charge in [-0.25, -0.2) is 0 Å². The first kappa shape index (κ1) is 9.82. The van der Waals surface area contributed by atoms with Crippen molar-refractivity contribution in [3.63, 3.8) is 0 Å². The molecule has 2 aromatic carbocycles. The van der Waals surface area contributed by atoms with Crippen LogP contribution in [0.3, 0.4) is 0 Å². The second-order valence-corrected chi connectivity index (χ2v) is 4.61. The highest BCUT2D eigenvalue weighted by Gasteiger charge is 2.47. The van der Waals surface area contributed by atoms with Gasteiger partial charge in [-0.3, -0.25) is 0 Å². The predicted octanol–water partition coefficient (Wildman–Crippen LogP) is 2.40. The lowest BCUT2D eigenvalue weighted by Crippen LogP contribution is -2.19. The third kappa shape index (κ3) is 1.51. The first-order chi connectivity index (χ1) is 7.69. The molecule has 1 saturated carbocycles. The molecule has 0 aliphatic heterocycles. The standard InChI is InChI=1S/C14H14O2/c15-13(14(16)7-8-14)12-6-5-10-3-1-2-4-11(10)9-12/h1-6,9,13,15-16H,7-8H2/t13-/m0/s1. The van der Waals surface area contributed by atoms with Crippen molar-refractivity contribution in [2.24, 2.45) is 0 Å². The van der Waals surface area contributed by atoms with Crippen molar-refractivity contribution in [2.45, 2.75) is 24.5 Å². The summed E-state index contributed by atoms with van der Waals surface area (Å²) in [6.07, 6.45) is 0.638. The van der Waals surface area contributed by atoms with E-state index < -0.39 is 11.7 Å². The van der Waals surface area contributed by atoms with Crippen LogP contribution in [0, 0.1) is 0 Å². The lowest BCUT2D eigenvalue weighted by atomic mass is 9.99. The van der Waals surface area contributed by atoms with Crippen molar-refractivity contribution in [3.8, 4) is 0 Å². The van der Waals surface area contributed by atoms with Gasteiger partial charge in [-0.2, -0.15) is 0 Å². The molecule has 0 spiro atoms. The third-order valence-corrected chi connectivity index (χ3v) is 3.36. The Hall–Kier alpha value is -1.38. The summed E-state index contributed by atoms with van der Waals surface area (Å²) in [6, 6.07) is 13.9. The quantitative estimate of drug-likeness (QED) is 0.805. The Morgan fingerprint density at radius 2 is 1.69 bits per heavy atom. The number of aliphatic hydroxyl groups excluding tert-OH is 1. The van der Waals surface area contributed by atoms with Gasteiger partial charge in [0.05, 0.1) is 5.60 Å². The lowest BCUT2D eigenvalue weighted by molar-refractivity contribution is -0.00165. The summed E-state index contributed by atoms with van der Waals surface area (Å²) >= 11 is 0. The Labute approximate surface area is 94.2 Å². The highest BCUT2D eigenvalue weighted by Crippen LogP contribution is 2.45. The minimum Gasteiger partial charge on any atom is -0.387 e. The molecule has 2 heteroatoms. The van der Waals surface area contributed by atoms with Crippen LogP contribution in [0.1, 0.15) is 24.5 Å². The molecule has 1 aliphatic carbocycles. The fourth-order valence-electron chi connectivity index (χ4n) is 2.09. The summed E-state index contributed by atoms with van der Waals surface area (Å²) in [5, 5.41) is 22.2. The van der Waals surface area contributed by atoms with E-state index >= 15 is 0 Å². The zero-order valence-electron chi connectivity index (χ0n) is 8.93. The second-order valence-electron chi connectivity index (χ2n) is 4.61. The molecule has 0 heterocycles. The van der Waals surface area contributed by atoms with Crippen molar-refractivity contribution in [2.75, 3.05) is 0 Å². The number of hydrogen-bond donors (Lipinski definition) is 2. The van der Waals surface area contributed by atoms with Gasteiger partial charge in [-0.15, -0.1) is 0 Å². The van der Waals surface area contributed by atoms with E-state index in [-0.39, 0.29) is 0 Å². The average molecular weight is 214 g/mol. The summed E-state index contributed by atoms with van der Waals surface area (Å²) < 4.78 is 0. The molecule has 0 radical (unpaired) electrons. The molecule has 2 aromatic rings. The first-order valence-electron chi connectivity index (χ1n) is 5.58. The Kier molecular flexibility index (Phi) is 2.03. The molecular weight excluding hydrogens is 200 g/mol. The van der Waals surface area contributed by atoms with Gasteiger partial charge in [0.2, 0.25) is 0 Å². The fraction of sp³-hybridized carbons (Fsp3) is 0.286. The summed E-state index contributed by atoms with van der Waals surface area (Å²) in [5.41, 5.74) is -0.0682. The van der Waals surface area contributed by atoms with E-state index in [4.69, 9.17) is 0 Å². The number of benzene rings is 2. The number of fused-ring (bicyclic) bond motifs is 1.